The zero-order valence-electron chi connectivity index (χ0n) is 26.6. The van der Waals surface area contributed by atoms with Crippen LogP contribution < -0.4 is 16.8 Å². The van der Waals surface area contributed by atoms with Crippen LogP contribution in [0.5, 0.6) is 0 Å². The first kappa shape index (κ1) is 43.6. The fraction of sp³-hybridized carbons (Fsp3) is 0.857. The Hall–Kier alpha value is -1.40. The minimum atomic E-state index is -1.06. The van der Waals surface area contributed by atoms with Gasteiger partial charge < -0.3 is 36.3 Å². The summed E-state index contributed by atoms with van der Waals surface area (Å²) in [6.45, 7) is 24.3. The molecule has 10 heteroatoms. The van der Waals surface area contributed by atoms with Crippen LogP contribution in [-0.2, 0) is 19.1 Å². The maximum absolute atomic E-state index is 12.8. The molecule has 0 atom stereocenters. The number of aliphatic hydroxyl groups excluding tert-OH is 1. The molecule has 0 aromatic carbocycles. The van der Waals surface area contributed by atoms with E-state index in [4.69, 9.17) is 26.0 Å². The van der Waals surface area contributed by atoms with Gasteiger partial charge in [-0.25, -0.2) is 0 Å². The first-order valence-electron chi connectivity index (χ1n) is 13.6. The first-order valence-corrected chi connectivity index (χ1v) is 13.6. The topological polar surface area (TPSA) is 143 Å². The molecule has 0 rings (SSSR count). The number of rotatable bonds is 17. The maximum Gasteiger partial charge on any atom is 0.254 e. The molecule has 0 heterocycles. The summed E-state index contributed by atoms with van der Waals surface area (Å²) in [7, 11) is 5.30. The van der Waals surface area contributed by atoms with Crippen molar-refractivity contribution in [1.29, 1.82) is 0 Å². The van der Waals surface area contributed by atoms with E-state index >= 15 is 0 Å². The predicted molar refractivity (Wildman–Crippen MR) is 160 cm³/mol. The van der Waals surface area contributed by atoms with E-state index in [1.807, 2.05) is 34.7 Å². The van der Waals surface area contributed by atoms with Crippen molar-refractivity contribution in [2.24, 2.45) is 11.5 Å². The minimum Gasteiger partial charge on any atom is -0.395 e. The third-order valence-corrected chi connectivity index (χ3v) is 5.72. The number of β-amino-alcohol motifs (C(OH)–C–C–N with tert-alkyl or cyclic N) is 1. The lowest BCUT2D eigenvalue weighted by molar-refractivity contribution is -0.157. The standard InChI is InChI=1S/C20H41N3O5.C4H12N2.C2H6.C2H4/c1-18(2,27-14-10-21)9-13-28-20(5,6)17(26)22(7)15-16(25)19(3,4)23(8)11-12-24;1-6-4-2-3-5;2*1-2/h24H,9-15,21H2,1-8H3;6H,2-5H2,1H3;1-2H3;1-2H2. The van der Waals surface area contributed by atoms with Gasteiger partial charge in [0.25, 0.3) is 5.91 Å². The van der Waals surface area contributed by atoms with E-state index in [0.29, 0.717) is 32.7 Å². The molecule has 0 bridgehead atoms. The average molecular weight is 550 g/mol. The highest BCUT2D eigenvalue weighted by atomic mass is 16.5. The molecule has 6 N–H and O–H groups in total. The van der Waals surface area contributed by atoms with Gasteiger partial charge >= 0.3 is 0 Å². The largest absolute Gasteiger partial charge is 0.395 e. The normalized spacial score (nSPS) is 11.3. The number of nitrogens with one attached hydrogen (secondary N) is 1. The van der Waals surface area contributed by atoms with Crippen molar-refractivity contribution in [3.8, 4) is 0 Å². The summed E-state index contributed by atoms with van der Waals surface area (Å²) in [6, 6.07) is 0. The Balaban J connectivity index is -0.000000495. The summed E-state index contributed by atoms with van der Waals surface area (Å²) < 4.78 is 11.5. The van der Waals surface area contributed by atoms with Gasteiger partial charge in [0.15, 0.2) is 5.78 Å². The first-order chi connectivity index (χ1) is 17.6. The smallest absolute Gasteiger partial charge is 0.254 e. The van der Waals surface area contributed by atoms with Crippen molar-refractivity contribution in [2.45, 2.75) is 85.0 Å². The Morgan fingerprint density at radius 1 is 0.947 bits per heavy atom. The number of ketones is 1. The molecule has 0 fully saturated rings. The number of carbonyl (C=O) groups is 2. The lowest BCUT2D eigenvalue weighted by Crippen LogP contribution is -2.54. The minimum absolute atomic E-state index is 0.0283. The van der Waals surface area contributed by atoms with E-state index in [0.717, 1.165) is 19.5 Å². The molecule has 230 valence electrons. The number of amides is 1. The highest BCUT2D eigenvalue weighted by molar-refractivity contribution is 5.93. The quantitative estimate of drug-likeness (QED) is 0.158. The second kappa shape index (κ2) is 24.6. The van der Waals surface area contributed by atoms with Gasteiger partial charge in [-0.15, -0.1) is 13.2 Å². The highest BCUT2D eigenvalue weighted by Gasteiger charge is 2.37. The Morgan fingerprint density at radius 3 is 1.87 bits per heavy atom. The number of aliphatic hydroxyl groups is 1. The van der Waals surface area contributed by atoms with E-state index in [1.165, 1.54) is 4.90 Å². The second-order valence-electron chi connectivity index (χ2n) is 10.0. The van der Waals surface area contributed by atoms with Gasteiger partial charge in [-0.2, -0.15) is 0 Å². The molecular formula is C28H63N5O5. The van der Waals surface area contributed by atoms with Gasteiger partial charge in [-0.05, 0) is 81.6 Å². The van der Waals surface area contributed by atoms with E-state index < -0.39 is 11.1 Å². The molecule has 10 nitrogen and oxygen atoms in total. The summed E-state index contributed by atoms with van der Waals surface area (Å²) in [6.07, 6.45) is 1.70. The predicted octanol–water partition coefficient (Wildman–Crippen LogP) is 2.04. The van der Waals surface area contributed by atoms with Gasteiger partial charge in [0.2, 0.25) is 0 Å². The van der Waals surface area contributed by atoms with Crippen LogP contribution in [0.15, 0.2) is 13.2 Å². The molecule has 0 aromatic rings. The van der Waals surface area contributed by atoms with E-state index in [9.17, 15) is 9.59 Å². The Bertz CT molecular complexity index is 582. The van der Waals surface area contributed by atoms with Crippen LogP contribution >= 0.6 is 0 Å². The number of likely N-dealkylation sites (N-methyl/N-ethyl adjacent to an activating group) is 2. The number of carbonyl (C=O) groups excluding carboxylic acids is 2. The second-order valence-corrected chi connectivity index (χ2v) is 10.0. The monoisotopic (exact) mass is 549 g/mol. The number of nitrogens with two attached hydrogens (primary N) is 2. The zero-order valence-corrected chi connectivity index (χ0v) is 26.6. The van der Waals surface area contributed by atoms with Crippen molar-refractivity contribution < 1.29 is 24.2 Å². The summed E-state index contributed by atoms with van der Waals surface area (Å²) in [5, 5.41) is 12.1. The number of ether oxygens (including phenoxy) is 2. The van der Waals surface area contributed by atoms with Crippen molar-refractivity contribution in [2.75, 3.05) is 73.7 Å². The van der Waals surface area contributed by atoms with Gasteiger partial charge in [0.1, 0.15) is 5.60 Å². The molecule has 0 radical (unpaired) electrons. The maximum atomic E-state index is 12.8. The van der Waals surface area contributed by atoms with Crippen LogP contribution in [0, 0.1) is 0 Å². The Labute approximate surface area is 234 Å². The molecule has 0 aliphatic rings. The third kappa shape index (κ3) is 20.5. The van der Waals surface area contributed by atoms with Gasteiger partial charge in [-0.1, -0.05) is 13.8 Å². The highest BCUT2D eigenvalue weighted by Crippen LogP contribution is 2.20. The molecule has 0 saturated heterocycles. The molecule has 0 unspecified atom stereocenters. The molecule has 0 aliphatic carbocycles. The van der Waals surface area contributed by atoms with Crippen LogP contribution in [0.4, 0.5) is 0 Å². The van der Waals surface area contributed by atoms with E-state index in [-0.39, 0.29) is 30.4 Å². The molecule has 1 amide bonds. The van der Waals surface area contributed by atoms with Crippen LogP contribution in [-0.4, -0.2) is 117 Å². The average Bonchev–Trinajstić information content (AvgIpc) is 2.88. The molecule has 0 spiro atoms. The molecular weight excluding hydrogens is 486 g/mol. The molecule has 0 aliphatic heterocycles. The van der Waals surface area contributed by atoms with Crippen molar-refractivity contribution in [1.82, 2.24) is 15.1 Å². The molecule has 38 heavy (non-hydrogen) atoms. The van der Waals surface area contributed by atoms with E-state index in [2.05, 4.69) is 18.5 Å². The van der Waals surface area contributed by atoms with Crippen LogP contribution in [0.1, 0.15) is 68.2 Å². The fourth-order valence-corrected chi connectivity index (χ4v) is 2.88. The molecule has 0 saturated carbocycles. The van der Waals surface area contributed by atoms with Gasteiger partial charge in [0, 0.05) is 20.1 Å². The SMILES string of the molecule is C=C.CC.CN(CC(=O)C(C)(C)N(C)CCO)C(=O)C(C)(C)OCCC(C)(C)OCCN.CNCCCN. The van der Waals surface area contributed by atoms with Crippen LogP contribution in [0.3, 0.4) is 0 Å². The third-order valence-electron chi connectivity index (χ3n) is 5.72. The van der Waals surface area contributed by atoms with Crippen molar-refractivity contribution >= 4 is 11.7 Å². The lowest BCUT2D eigenvalue weighted by Gasteiger charge is -2.36. The van der Waals surface area contributed by atoms with Crippen LogP contribution in [0.2, 0.25) is 0 Å². The fourth-order valence-electron chi connectivity index (χ4n) is 2.88. The van der Waals surface area contributed by atoms with E-state index in [1.54, 1.807) is 46.7 Å². The zero-order chi connectivity index (χ0) is 31.0. The number of nitrogens with zero attached hydrogens (tertiary/aromatic N) is 2. The Morgan fingerprint density at radius 2 is 1.47 bits per heavy atom. The number of hydrogen-bond donors (Lipinski definition) is 4. The van der Waals surface area contributed by atoms with Crippen molar-refractivity contribution in [3.05, 3.63) is 13.2 Å². The number of Topliss-reactive ketones (excluding diaryl/α,β-unsaturated/α-hetero) is 1. The Kier molecular flexibility index (Phi) is 28.3. The molecule has 0 aromatic heterocycles. The van der Waals surface area contributed by atoms with Crippen molar-refractivity contribution in [3.63, 3.8) is 0 Å². The summed E-state index contributed by atoms with van der Waals surface area (Å²) >= 11 is 0. The van der Waals surface area contributed by atoms with Gasteiger partial charge in [0.05, 0.1) is 37.5 Å². The summed E-state index contributed by atoms with van der Waals surface area (Å²) in [4.78, 5) is 28.7. The van der Waals surface area contributed by atoms with Gasteiger partial charge in [-0.3, -0.25) is 14.5 Å². The summed E-state index contributed by atoms with van der Waals surface area (Å²) in [5.74, 6) is -0.367. The van der Waals surface area contributed by atoms with Crippen LogP contribution in [0.25, 0.3) is 0 Å². The number of hydrogen-bond acceptors (Lipinski definition) is 9. The lowest BCUT2D eigenvalue weighted by atomic mass is 9.96. The summed E-state index contributed by atoms with van der Waals surface area (Å²) in [5.41, 5.74) is 8.41.